The van der Waals surface area contributed by atoms with Crippen LogP contribution in [0.25, 0.3) is 10.9 Å². The van der Waals surface area contributed by atoms with Gasteiger partial charge in [-0.2, -0.15) is 0 Å². The van der Waals surface area contributed by atoms with Gasteiger partial charge in [0.25, 0.3) is 11.2 Å². The SMILES string of the molecule is O=c1[nH]c(=O)c2c(Cl)c([N+](=O)[O-])ccc2[nH]1. The average molecular weight is 242 g/mol. The number of rotatable bonds is 1. The lowest BCUT2D eigenvalue weighted by Crippen LogP contribution is -2.22. The number of halogens is 1. The van der Waals surface area contributed by atoms with Gasteiger partial charge in [-0.25, -0.2) is 4.79 Å². The van der Waals surface area contributed by atoms with Gasteiger partial charge < -0.3 is 4.98 Å². The minimum atomic E-state index is -0.757. The summed E-state index contributed by atoms with van der Waals surface area (Å²) in [6.45, 7) is 0. The van der Waals surface area contributed by atoms with Crippen LogP contribution in [0.4, 0.5) is 5.69 Å². The maximum Gasteiger partial charge on any atom is 0.326 e. The molecule has 0 saturated heterocycles. The third-order valence-electron chi connectivity index (χ3n) is 2.02. The van der Waals surface area contributed by atoms with Crippen molar-refractivity contribution in [1.29, 1.82) is 0 Å². The lowest BCUT2D eigenvalue weighted by molar-refractivity contribution is -0.384. The number of hydrogen-bond acceptors (Lipinski definition) is 4. The van der Waals surface area contributed by atoms with E-state index >= 15 is 0 Å². The third-order valence-corrected chi connectivity index (χ3v) is 2.40. The van der Waals surface area contributed by atoms with Gasteiger partial charge in [0.1, 0.15) is 5.02 Å². The first-order valence-corrected chi connectivity index (χ1v) is 4.47. The van der Waals surface area contributed by atoms with E-state index < -0.39 is 16.2 Å². The summed E-state index contributed by atoms with van der Waals surface area (Å²) < 4.78 is 0. The van der Waals surface area contributed by atoms with Crippen molar-refractivity contribution in [3.8, 4) is 0 Å². The monoisotopic (exact) mass is 241 g/mol. The van der Waals surface area contributed by atoms with Crippen molar-refractivity contribution in [2.45, 2.75) is 0 Å². The molecule has 0 unspecified atom stereocenters. The van der Waals surface area contributed by atoms with E-state index in [0.717, 1.165) is 6.07 Å². The molecular formula is C8H4ClN3O4. The zero-order valence-electron chi connectivity index (χ0n) is 7.61. The highest BCUT2D eigenvalue weighted by Gasteiger charge is 2.17. The van der Waals surface area contributed by atoms with Crippen molar-refractivity contribution < 1.29 is 4.92 Å². The maximum atomic E-state index is 11.4. The Kier molecular flexibility index (Phi) is 2.24. The van der Waals surface area contributed by atoms with Gasteiger partial charge in [0.15, 0.2) is 0 Å². The summed E-state index contributed by atoms with van der Waals surface area (Å²) in [6, 6.07) is 2.38. The van der Waals surface area contributed by atoms with Gasteiger partial charge in [-0.3, -0.25) is 19.9 Å². The van der Waals surface area contributed by atoms with Crippen LogP contribution >= 0.6 is 11.6 Å². The number of benzene rings is 1. The maximum absolute atomic E-state index is 11.4. The molecule has 0 spiro atoms. The second-order valence-corrected chi connectivity index (χ2v) is 3.36. The molecule has 0 amide bonds. The molecule has 7 nitrogen and oxygen atoms in total. The first-order valence-electron chi connectivity index (χ1n) is 4.10. The van der Waals surface area contributed by atoms with E-state index in [2.05, 4.69) is 4.98 Å². The lowest BCUT2D eigenvalue weighted by atomic mass is 10.2. The van der Waals surface area contributed by atoms with Crippen LogP contribution in [-0.4, -0.2) is 14.9 Å². The number of nitrogens with one attached hydrogen (secondary N) is 2. The van der Waals surface area contributed by atoms with E-state index in [1.165, 1.54) is 6.07 Å². The molecule has 0 fully saturated rings. The molecule has 1 aromatic carbocycles. The molecule has 0 saturated carbocycles. The van der Waals surface area contributed by atoms with Crippen LogP contribution in [0.2, 0.25) is 5.02 Å². The van der Waals surface area contributed by atoms with E-state index in [1.807, 2.05) is 4.98 Å². The predicted octanol–water partition coefficient (Wildman–Crippen LogP) is 0.778. The lowest BCUT2D eigenvalue weighted by Gasteiger charge is -1.99. The minimum absolute atomic E-state index is 0.101. The van der Waals surface area contributed by atoms with Crippen molar-refractivity contribution in [1.82, 2.24) is 9.97 Å². The van der Waals surface area contributed by atoms with Gasteiger partial charge in [-0.05, 0) is 6.07 Å². The molecule has 2 N–H and O–H groups in total. The second kappa shape index (κ2) is 3.46. The first kappa shape index (κ1) is 10.4. The molecule has 82 valence electrons. The molecule has 0 aliphatic rings. The Balaban J connectivity index is 3.01. The molecule has 1 heterocycles. The van der Waals surface area contributed by atoms with Crippen molar-refractivity contribution in [3.63, 3.8) is 0 Å². The molecule has 2 aromatic rings. The van der Waals surface area contributed by atoms with Crippen LogP contribution in [0.15, 0.2) is 21.7 Å². The second-order valence-electron chi connectivity index (χ2n) is 2.99. The summed E-state index contributed by atoms with van der Waals surface area (Å²) in [5.74, 6) is 0. The van der Waals surface area contributed by atoms with Gasteiger partial charge in [-0.15, -0.1) is 0 Å². The van der Waals surface area contributed by atoms with Crippen molar-refractivity contribution in [2.24, 2.45) is 0 Å². The molecule has 0 aliphatic heterocycles. The number of aromatic nitrogens is 2. The zero-order chi connectivity index (χ0) is 11.9. The topological polar surface area (TPSA) is 109 Å². The summed E-state index contributed by atoms with van der Waals surface area (Å²) in [7, 11) is 0. The minimum Gasteiger partial charge on any atom is -0.307 e. The molecule has 1 aromatic heterocycles. The van der Waals surface area contributed by atoms with Crippen molar-refractivity contribution in [3.05, 3.63) is 48.1 Å². The van der Waals surface area contributed by atoms with Gasteiger partial charge >= 0.3 is 5.69 Å². The molecule has 16 heavy (non-hydrogen) atoms. The molecule has 0 atom stereocenters. The highest BCUT2D eigenvalue weighted by atomic mass is 35.5. The number of fused-ring (bicyclic) bond motifs is 1. The van der Waals surface area contributed by atoms with E-state index in [4.69, 9.17) is 11.6 Å². The standard InChI is InChI=1S/C8H4ClN3O4/c9-6-4(12(15)16)2-1-3-5(6)7(13)11-8(14)10-3/h1-2H,(H2,10,11,13,14). The van der Waals surface area contributed by atoms with E-state index in [-0.39, 0.29) is 21.6 Å². The summed E-state index contributed by atoms with van der Waals surface area (Å²) in [4.78, 5) is 36.5. The largest absolute Gasteiger partial charge is 0.326 e. The fourth-order valence-corrected chi connectivity index (χ4v) is 1.67. The number of aromatic amines is 2. The summed E-state index contributed by atoms with van der Waals surface area (Å²) in [5.41, 5.74) is -1.68. The smallest absolute Gasteiger partial charge is 0.307 e. The van der Waals surface area contributed by atoms with Crippen LogP contribution in [0.1, 0.15) is 0 Å². The van der Waals surface area contributed by atoms with Crippen LogP contribution < -0.4 is 11.2 Å². The fourth-order valence-electron chi connectivity index (χ4n) is 1.35. The molecular weight excluding hydrogens is 238 g/mol. The summed E-state index contributed by atoms with van der Waals surface area (Å²) in [5, 5.41) is 10.2. The molecule has 8 heteroatoms. The Hall–Kier alpha value is -2.15. The highest BCUT2D eigenvalue weighted by Crippen LogP contribution is 2.28. The van der Waals surface area contributed by atoms with E-state index in [1.54, 1.807) is 0 Å². The quantitative estimate of drug-likeness (QED) is 0.568. The average Bonchev–Trinajstić information content (AvgIpc) is 2.15. The normalized spacial score (nSPS) is 10.6. The summed E-state index contributed by atoms with van der Waals surface area (Å²) >= 11 is 5.71. The number of H-pyrrole nitrogens is 2. The zero-order valence-corrected chi connectivity index (χ0v) is 8.37. The van der Waals surface area contributed by atoms with Crippen LogP contribution in [0.3, 0.4) is 0 Å². The Morgan fingerprint density at radius 1 is 1.25 bits per heavy atom. The van der Waals surface area contributed by atoms with E-state index in [0.29, 0.717) is 0 Å². The van der Waals surface area contributed by atoms with Crippen LogP contribution in [0, 0.1) is 10.1 Å². The number of nitro benzene ring substituents is 1. The Morgan fingerprint density at radius 2 is 1.94 bits per heavy atom. The molecule has 0 bridgehead atoms. The summed E-state index contributed by atoms with van der Waals surface area (Å²) in [6.07, 6.45) is 0. The molecule has 0 radical (unpaired) electrons. The molecule has 0 aliphatic carbocycles. The van der Waals surface area contributed by atoms with Crippen LogP contribution in [-0.2, 0) is 0 Å². The first-order chi connectivity index (χ1) is 7.50. The fraction of sp³-hybridized carbons (Fsp3) is 0. The number of nitro groups is 1. The van der Waals surface area contributed by atoms with Gasteiger partial charge in [0.2, 0.25) is 0 Å². The third kappa shape index (κ3) is 1.47. The van der Waals surface area contributed by atoms with Gasteiger partial charge in [-0.1, -0.05) is 11.6 Å². The molecule has 2 rings (SSSR count). The van der Waals surface area contributed by atoms with Crippen molar-refractivity contribution in [2.75, 3.05) is 0 Å². The number of hydrogen-bond donors (Lipinski definition) is 2. The van der Waals surface area contributed by atoms with Gasteiger partial charge in [0.05, 0.1) is 15.8 Å². The number of nitrogens with zero attached hydrogens (tertiary/aromatic N) is 1. The van der Waals surface area contributed by atoms with Gasteiger partial charge in [0, 0.05) is 6.07 Å². The predicted molar refractivity (Wildman–Crippen MR) is 56.9 cm³/mol. The Morgan fingerprint density at radius 3 is 2.56 bits per heavy atom. The Bertz CT molecular complexity index is 702. The van der Waals surface area contributed by atoms with Crippen molar-refractivity contribution >= 4 is 28.2 Å². The Labute approximate surface area is 91.8 Å². The van der Waals surface area contributed by atoms with Crippen LogP contribution in [0.5, 0.6) is 0 Å². The highest BCUT2D eigenvalue weighted by molar-refractivity contribution is 6.37. The van der Waals surface area contributed by atoms with E-state index in [9.17, 15) is 19.7 Å².